The number of aliphatic hydroxyl groups excluding tert-OH is 1. The Balaban J connectivity index is 4.52. The van der Waals surface area contributed by atoms with Crippen LogP contribution in [0, 0.1) is 5.41 Å². The maximum Gasteiger partial charge on any atom is 0.325 e. The fourth-order valence-electron chi connectivity index (χ4n) is 0.510. The van der Waals surface area contributed by atoms with E-state index in [4.69, 9.17) is 10.2 Å². The Bertz CT molecular complexity index is 188. The van der Waals surface area contributed by atoms with Crippen molar-refractivity contribution in [2.75, 3.05) is 13.2 Å². The molecule has 0 aliphatic heterocycles. The zero-order valence-corrected chi connectivity index (χ0v) is 7.03. The van der Waals surface area contributed by atoms with E-state index in [-0.39, 0.29) is 6.61 Å². The van der Waals surface area contributed by atoms with E-state index in [0.717, 1.165) is 6.92 Å². The fourth-order valence-corrected chi connectivity index (χ4v) is 0.510. The number of carbonyl (C=O) groups excluding carboxylic acids is 1. The molecule has 5 heteroatoms. The molecule has 0 aromatic rings. The summed E-state index contributed by atoms with van der Waals surface area (Å²) in [6.07, 6.45) is 0. The molecule has 12 heavy (non-hydrogen) atoms. The predicted molar refractivity (Wildman–Crippen MR) is 39.5 cm³/mol. The summed E-state index contributed by atoms with van der Waals surface area (Å²) in [6.45, 7) is 2.02. The van der Waals surface area contributed by atoms with Gasteiger partial charge >= 0.3 is 11.9 Å². The lowest BCUT2D eigenvalue weighted by Crippen LogP contribution is -2.41. The third-order valence-electron chi connectivity index (χ3n) is 1.51. The summed E-state index contributed by atoms with van der Waals surface area (Å²) >= 11 is 0. The first-order valence-corrected chi connectivity index (χ1v) is 3.50. The Morgan fingerprint density at radius 2 is 2.00 bits per heavy atom. The van der Waals surface area contributed by atoms with Crippen molar-refractivity contribution in [1.82, 2.24) is 0 Å². The average Bonchev–Trinajstić information content (AvgIpc) is 2.03. The maximum atomic E-state index is 11.0. The summed E-state index contributed by atoms with van der Waals surface area (Å²) in [4.78, 5) is 21.5. The minimum absolute atomic E-state index is 0.0989. The second-order valence-corrected chi connectivity index (χ2v) is 2.52. The van der Waals surface area contributed by atoms with E-state index in [0.29, 0.717) is 0 Å². The molecule has 2 N–H and O–H groups in total. The normalized spacial score (nSPS) is 14.9. The minimum Gasteiger partial charge on any atom is -0.480 e. The molecule has 0 amide bonds. The summed E-state index contributed by atoms with van der Waals surface area (Å²) in [5, 5.41) is 17.2. The number of ether oxygens (including phenoxy) is 1. The zero-order valence-electron chi connectivity index (χ0n) is 7.03. The molecular formula is C7H12O5. The molecular weight excluding hydrogens is 164 g/mol. The van der Waals surface area contributed by atoms with Crippen LogP contribution < -0.4 is 0 Å². The van der Waals surface area contributed by atoms with E-state index in [1.807, 2.05) is 0 Å². The van der Waals surface area contributed by atoms with Crippen molar-refractivity contribution >= 4 is 11.9 Å². The zero-order chi connectivity index (χ0) is 9.78. The first-order valence-electron chi connectivity index (χ1n) is 3.50. The number of carboxylic acids is 1. The van der Waals surface area contributed by atoms with Gasteiger partial charge < -0.3 is 14.9 Å². The van der Waals surface area contributed by atoms with Crippen LogP contribution in [-0.2, 0) is 14.3 Å². The standard InChI is InChI=1S/C7H12O5/c1-3-12-6(11)7(2,4-8)5(9)10/h8H,3-4H2,1-2H3,(H,9,10). The van der Waals surface area contributed by atoms with Gasteiger partial charge in [-0.2, -0.15) is 0 Å². The molecule has 5 nitrogen and oxygen atoms in total. The highest BCUT2D eigenvalue weighted by molar-refractivity contribution is 5.98. The van der Waals surface area contributed by atoms with Crippen LogP contribution in [-0.4, -0.2) is 35.4 Å². The number of rotatable bonds is 4. The summed E-state index contributed by atoms with van der Waals surface area (Å²) in [6, 6.07) is 0. The summed E-state index contributed by atoms with van der Waals surface area (Å²) < 4.78 is 4.48. The number of aliphatic carboxylic acids is 1. The van der Waals surface area contributed by atoms with Gasteiger partial charge in [-0.25, -0.2) is 0 Å². The van der Waals surface area contributed by atoms with E-state index in [1.54, 1.807) is 6.92 Å². The first-order chi connectivity index (χ1) is 5.49. The lowest BCUT2D eigenvalue weighted by atomic mass is 9.92. The molecule has 1 unspecified atom stereocenters. The van der Waals surface area contributed by atoms with Crippen LogP contribution in [0.15, 0.2) is 0 Å². The predicted octanol–water partition coefficient (Wildman–Crippen LogP) is -0.367. The molecule has 0 fully saturated rings. The Kier molecular flexibility index (Phi) is 3.69. The lowest BCUT2D eigenvalue weighted by Gasteiger charge is -2.18. The highest BCUT2D eigenvalue weighted by Gasteiger charge is 2.42. The largest absolute Gasteiger partial charge is 0.480 e. The molecule has 0 bridgehead atoms. The van der Waals surface area contributed by atoms with Crippen molar-refractivity contribution in [3.63, 3.8) is 0 Å². The number of esters is 1. The van der Waals surface area contributed by atoms with Gasteiger partial charge in [-0.3, -0.25) is 9.59 Å². The molecule has 0 aromatic heterocycles. The van der Waals surface area contributed by atoms with E-state index in [9.17, 15) is 9.59 Å². The average molecular weight is 176 g/mol. The van der Waals surface area contributed by atoms with E-state index in [1.165, 1.54) is 0 Å². The van der Waals surface area contributed by atoms with Gasteiger partial charge in [0.05, 0.1) is 13.2 Å². The highest BCUT2D eigenvalue weighted by Crippen LogP contribution is 2.17. The monoisotopic (exact) mass is 176 g/mol. The van der Waals surface area contributed by atoms with Crippen LogP contribution in [0.3, 0.4) is 0 Å². The lowest BCUT2D eigenvalue weighted by molar-refractivity contribution is -0.169. The molecule has 0 aliphatic carbocycles. The molecule has 0 rings (SSSR count). The van der Waals surface area contributed by atoms with Crippen molar-refractivity contribution in [1.29, 1.82) is 0 Å². The van der Waals surface area contributed by atoms with Crippen molar-refractivity contribution in [2.24, 2.45) is 5.41 Å². The smallest absolute Gasteiger partial charge is 0.325 e. The summed E-state index contributed by atoms with van der Waals surface area (Å²) in [7, 11) is 0. The number of aliphatic hydroxyl groups is 1. The van der Waals surface area contributed by atoms with Gasteiger partial charge in [0, 0.05) is 0 Å². The van der Waals surface area contributed by atoms with Crippen LogP contribution in [0.5, 0.6) is 0 Å². The van der Waals surface area contributed by atoms with E-state index in [2.05, 4.69) is 4.74 Å². The molecule has 0 heterocycles. The van der Waals surface area contributed by atoms with Gasteiger partial charge in [0.1, 0.15) is 0 Å². The number of hydrogen-bond donors (Lipinski definition) is 2. The molecule has 0 spiro atoms. The van der Waals surface area contributed by atoms with Crippen molar-refractivity contribution in [3.05, 3.63) is 0 Å². The fraction of sp³-hybridized carbons (Fsp3) is 0.714. The van der Waals surface area contributed by atoms with Crippen LogP contribution >= 0.6 is 0 Å². The Morgan fingerprint density at radius 1 is 1.50 bits per heavy atom. The molecule has 0 radical (unpaired) electrons. The number of carbonyl (C=O) groups is 2. The Labute approximate surface area is 70.0 Å². The van der Waals surface area contributed by atoms with Crippen LogP contribution in [0.4, 0.5) is 0 Å². The molecule has 0 saturated heterocycles. The van der Waals surface area contributed by atoms with Gasteiger partial charge in [-0.1, -0.05) is 0 Å². The second-order valence-electron chi connectivity index (χ2n) is 2.52. The van der Waals surface area contributed by atoms with Crippen LogP contribution in [0.1, 0.15) is 13.8 Å². The number of hydrogen-bond acceptors (Lipinski definition) is 4. The van der Waals surface area contributed by atoms with Crippen molar-refractivity contribution in [3.8, 4) is 0 Å². The van der Waals surface area contributed by atoms with Crippen molar-refractivity contribution in [2.45, 2.75) is 13.8 Å². The van der Waals surface area contributed by atoms with Crippen LogP contribution in [0.2, 0.25) is 0 Å². The van der Waals surface area contributed by atoms with Gasteiger partial charge in [0.2, 0.25) is 0 Å². The molecule has 1 atom stereocenters. The highest BCUT2D eigenvalue weighted by atomic mass is 16.5. The molecule has 0 saturated carbocycles. The number of carboxylic acid groups (broad SMARTS) is 1. The quantitative estimate of drug-likeness (QED) is 0.451. The first kappa shape index (κ1) is 10.9. The Hall–Kier alpha value is -1.10. The second kappa shape index (κ2) is 4.06. The van der Waals surface area contributed by atoms with Gasteiger partial charge in [-0.05, 0) is 13.8 Å². The minimum atomic E-state index is -1.84. The topological polar surface area (TPSA) is 83.8 Å². The molecule has 0 aliphatic rings. The van der Waals surface area contributed by atoms with E-state index < -0.39 is 24.0 Å². The van der Waals surface area contributed by atoms with E-state index >= 15 is 0 Å². The van der Waals surface area contributed by atoms with Gasteiger partial charge in [-0.15, -0.1) is 0 Å². The molecule has 0 aromatic carbocycles. The van der Waals surface area contributed by atoms with Crippen LogP contribution in [0.25, 0.3) is 0 Å². The maximum absolute atomic E-state index is 11.0. The summed E-state index contributed by atoms with van der Waals surface area (Å²) in [5.41, 5.74) is -1.84. The third-order valence-corrected chi connectivity index (χ3v) is 1.51. The SMILES string of the molecule is CCOC(=O)C(C)(CO)C(=O)O. The third kappa shape index (κ3) is 1.94. The van der Waals surface area contributed by atoms with Gasteiger partial charge in [0.25, 0.3) is 0 Å². The Morgan fingerprint density at radius 3 is 2.25 bits per heavy atom. The van der Waals surface area contributed by atoms with Crippen molar-refractivity contribution < 1.29 is 24.5 Å². The molecule has 70 valence electrons. The summed E-state index contributed by atoms with van der Waals surface area (Å²) in [5.74, 6) is -2.30. The van der Waals surface area contributed by atoms with Gasteiger partial charge in [0.15, 0.2) is 5.41 Å².